The number of nitrogens with zero attached hydrogens (tertiary/aromatic N) is 1. The molecule has 0 radical (unpaired) electrons. The summed E-state index contributed by atoms with van der Waals surface area (Å²) >= 11 is 1.70. The van der Waals surface area contributed by atoms with E-state index in [0.29, 0.717) is 6.04 Å². The summed E-state index contributed by atoms with van der Waals surface area (Å²) in [6, 6.07) is 10.6. The minimum absolute atomic E-state index is 0.310. The van der Waals surface area contributed by atoms with Gasteiger partial charge in [0.1, 0.15) is 0 Å². The van der Waals surface area contributed by atoms with Gasteiger partial charge in [-0.1, -0.05) is 37.3 Å². The normalized spacial score (nSPS) is 12.6. The molecule has 90 valence electrons. The lowest BCUT2D eigenvalue weighted by atomic mass is 10.1. The molecule has 0 spiro atoms. The topological polar surface area (TPSA) is 50.9 Å². The van der Waals surface area contributed by atoms with E-state index >= 15 is 0 Å². The molecule has 0 saturated heterocycles. The van der Waals surface area contributed by atoms with Gasteiger partial charge in [-0.2, -0.15) is 0 Å². The van der Waals surface area contributed by atoms with Gasteiger partial charge in [0.25, 0.3) is 0 Å². The molecule has 1 aromatic carbocycles. The van der Waals surface area contributed by atoms with E-state index in [1.807, 2.05) is 18.2 Å². The molecule has 0 amide bonds. The summed E-state index contributed by atoms with van der Waals surface area (Å²) in [6.07, 6.45) is 1.90. The highest BCUT2D eigenvalue weighted by molar-refractivity contribution is 7.09. The number of hydrogen-bond acceptors (Lipinski definition) is 4. The van der Waals surface area contributed by atoms with Crippen molar-refractivity contribution in [3.63, 3.8) is 0 Å². The van der Waals surface area contributed by atoms with Gasteiger partial charge < -0.3 is 0 Å². The summed E-state index contributed by atoms with van der Waals surface area (Å²) in [6.45, 7) is 2.12. The van der Waals surface area contributed by atoms with Crippen LogP contribution in [-0.2, 0) is 6.42 Å². The Morgan fingerprint density at radius 1 is 1.35 bits per heavy atom. The van der Waals surface area contributed by atoms with Crippen molar-refractivity contribution in [2.45, 2.75) is 25.8 Å². The van der Waals surface area contributed by atoms with Gasteiger partial charge in [-0.3, -0.25) is 11.3 Å². The van der Waals surface area contributed by atoms with Crippen LogP contribution in [0.15, 0.2) is 35.7 Å². The molecular formula is C13H17N3S. The fourth-order valence-electron chi connectivity index (χ4n) is 1.68. The molecule has 1 unspecified atom stereocenters. The van der Waals surface area contributed by atoms with E-state index in [4.69, 9.17) is 5.84 Å². The predicted octanol–water partition coefficient (Wildman–Crippen LogP) is 2.59. The molecule has 0 aliphatic rings. The molecule has 1 aromatic heterocycles. The van der Waals surface area contributed by atoms with E-state index in [-0.39, 0.29) is 0 Å². The minimum atomic E-state index is 0.310. The van der Waals surface area contributed by atoms with Crippen molar-refractivity contribution < 1.29 is 0 Å². The Labute approximate surface area is 106 Å². The second-order valence-corrected chi connectivity index (χ2v) is 4.91. The fourth-order valence-corrected chi connectivity index (χ4v) is 2.56. The van der Waals surface area contributed by atoms with Crippen LogP contribution >= 0.6 is 11.3 Å². The lowest BCUT2D eigenvalue weighted by Crippen LogP contribution is -2.36. The van der Waals surface area contributed by atoms with Crippen molar-refractivity contribution in [1.82, 2.24) is 10.4 Å². The van der Waals surface area contributed by atoms with Crippen LogP contribution in [0.5, 0.6) is 0 Å². The molecule has 0 saturated carbocycles. The van der Waals surface area contributed by atoms with E-state index in [1.54, 1.807) is 11.3 Å². The number of rotatable bonds is 5. The summed E-state index contributed by atoms with van der Waals surface area (Å²) in [7, 11) is 0. The lowest BCUT2D eigenvalue weighted by Gasteiger charge is -2.10. The second kappa shape index (κ2) is 5.91. The van der Waals surface area contributed by atoms with Gasteiger partial charge in [-0.05, 0) is 6.42 Å². The van der Waals surface area contributed by atoms with Gasteiger partial charge in [-0.15, -0.1) is 11.3 Å². The van der Waals surface area contributed by atoms with Crippen molar-refractivity contribution in [2.75, 3.05) is 0 Å². The lowest BCUT2D eigenvalue weighted by molar-refractivity contribution is 0.510. The Kier molecular flexibility index (Phi) is 4.25. The van der Waals surface area contributed by atoms with E-state index < -0.39 is 0 Å². The number of nitrogens with one attached hydrogen (secondary N) is 1. The predicted molar refractivity (Wildman–Crippen MR) is 72.7 cm³/mol. The third-order valence-electron chi connectivity index (χ3n) is 2.77. The van der Waals surface area contributed by atoms with Crippen molar-refractivity contribution in [1.29, 1.82) is 0 Å². The van der Waals surface area contributed by atoms with Gasteiger partial charge in [0.2, 0.25) is 0 Å². The number of hydrogen-bond donors (Lipinski definition) is 2. The number of nitrogens with two attached hydrogens (primary N) is 1. The number of aromatic nitrogens is 1. The first-order chi connectivity index (χ1) is 8.33. The molecule has 2 rings (SSSR count). The average Bonchev–Trinajstić information content (AvgIpc) is 2.85. The smallest absolute Gasteiger partial charge is 0.0948 e. The van der Waals surface area contributed by atoms with E-state index in [0.717, 1.165) is 23.5 Å². The maximum Gasteiger partial charge on any atom is 0.0948 e. The Morgan fingerprint density at radius 2 is 2.12 bits per heavy atom. The zero-order valence-electron chi connectivity index (χ0n) is 9.89. The number of hydrazine groups is 1. The minimum Gasteiger partial charge on any atom is -0.271 e. The molecular weight excluding hydrogens is 230 g/mol. The van der Waals surface area contributed by atoms with Crippen LogP contribution in [-0.4, -0.2) is 11.0 Å². The van der Waals surface area contributed by atoms with Gasteiger partial charge in [0, 0.05) is 23.4 Å². The maximum absolute atomic E-state index is 5.48. The van der Waals surface area contributed by atoms with Crippen LogP contribution in [0.25, 0.3) is 11.3 Å². The number of benzene rings is 1. The maximum atomic E-state index is 5.48. The van der Waals surface area contributed by atoms with Gasteiger partial charge in [-0.25, -0.2) is 4.98 Å². The molecule has 2 aromatic rings. The van der Waals surface area contributed by atoms with E-state index in [9.17, 15) is 0 Å². The Hall–Kier alpha value is -1.23. The highest BCUT2D eigenvalue weighted by Gasteiger charge is 2.09. The highest BCUT2D eigenvalue weighted by Crippen LogP contribution is 2.22. The van der Waals surface area contributed by atoms with Crippen molar-refractivity contribution in [2.24, 2.45) is 5.84 Å². The quantitative estimate of drug-likeness (QED) is 0.630. The summed E-state index contributed by atoms with van der Waals surface area (Å²) < 4.78 is 0. The SMILES string of the molecule is CCC(Cc1nc(-c2ccccc2)cs1)NN. The first-order valence-corrected chi connectivity index (χ1v) is 6.67. The zero-order valence-corrected chi connectivity index (χ0v) is 10.7. The standard InChI is InChI=1S/C13H17N3S/c1-2-11(16-14)8-13-15-12(9-17-13)10-6-4-3-5-7-10/h3-7,9,11,16H,2,8,14H2,1H3. The number of thiazole rings is 1. The Morgan fingerprint density at radius 3 is 2.76 bits per heavy atom. The Balaban J connectivity index is 2.11. The monoisotopic (exact) mass is 247 g/mol. The third-order valence-corrected chi connectivity index (χ3v) is 3.64. The van der Waals surface area contributed by atoms with Crippen molar-refractivity contribution >= 4 is 11.3 Å². The first kappa shape index (κ1) is 12.2. The highest BCUT2D eigenvalue weighted by atomic mass is 32.1. The van der Waals surface area contributed by atoms with Crippen molar-refractivity contribution in [3.05, 3.63) is 40.7 Å². The van der Waals surface area contributed by atoms with Gasteiger partial charge >= 0.3 is 0 Å². The summed E-state index contributed by atoms with van der Waals surface area (Å²) in [4.78, 5) is 4.64. The molecule has 0 aliphatic heterocycles. The largest absolute Gasteiger partial charge is 0.271 e. The Bertz CT molecular complexity index is 449. The molecule has 1 atom stereocenters. The molecule has 1 heterocycles. The van der Waals surface area contributed by atoms with E-state index in [1.165, 1.54) is 5.56 Å². The second-order valence-electron chi connectivity index (χ2n) is 3.97. The van der Waals surface area contributed by atoms with Gasteiger partial charge in [0.05, 0.1) is 10.7 Å². The van der Waals surface area contributed by atoms with Crippen LogP contribution < -0.4 is 11.3 Å². The van der Waals surface area contributed by atoms with Crippen LogP contribution in [0, 0.1) is 0 Å². The molecule has 0 bridgehead atoms. The van der Waals surface area contributed by atoms with E-state index in [2.05, 4.69) is 34.8 Å². The molecule has 3 N–H and O–H groups in total. The first-order valence-electron chi connectivity index (χ1n) is 5.79. The fraction of sp³-hybridized carbons (Fsp3) is 0.308. The van der Waals surface area contributed by atoms with Crippen molar-refractivity contribution in [3.8, 4) is 11.3 Å². The molecule has 0 aliphatic carbocycles. The molecule has 0 fully saturated rings. The third kappa shape index (κ3) is 3.12. The summed E-state index contributed by atoms with van der Waals surface area (Å²) in [5, 5.41) is 3.24. The van der Waals surface area contributed by atoms with Crippen LogP contribution in [0.2, 0.25) is 0 Å². The zero-order chi connectivity index (χ0) is 12.1. The van der Waals surface area contributed by atoms with Crippen LogP contribution in [0.4, 0.5) is 0 Å². The molecule has 3 nitrogen and oxygen atoms in total. The van der Waals surface area contributed by atoms with Gasteiger partial charge in [0.15, 0.2) is 0 Å². The molecule has 4 heteroatoms. The average molecular weight is 247 g/mol. The van der Waals surface area contributed by atoms with Crippen LogP contribution in [0.3, 0.4) is 0 Å². The summed E-state index contributed by atoms with van der Waals surface area (Å²) in [5.41, 5.74) is 5.04. The molecule has 17 heavy (non-hydrogen) atoms. The van der Waals surface area contributed by atoms with Crippen LogP contribution in [0.1, 0.15) is 18.4 Å². The summed E-state index contributed by atoms with van der Waals surface area (Å²) in [5.74, 6) is 5.48.